The highest BCUT2D eigenvalue weighted by atomic mass is 16.5. The first kappa shape index (κ1) is 18.3. The molecule has 0 saturated carbocycles. The van der Waals surface area contributed by atoms with Crippen molar-refractivity contribution in [1.29, 1.82) is 0 Å². The van der Waals surface area contributed by atoms with Crippen LogP contribution in [-0.4, -0.2) is 43.6 Å². The summed E-state index contributed by atoms with van der Waals surface area (Å²) in [5.74, 6) is 0.879. The van der Waals surface area contributed by atoms with Gasteiger partial charge < -0.3 is 19.5 Å². The van der Waals surface area contributed by atoms with Crippen LogP contribution in [-0.2, 0) is 6.54 Å². The van der Waals surface area contributed by atoms with Gasteiger partial charge in [-0.05, 0) is 25.1 Å². The molecule has 134 valence electrons. The van der Waals surface area contributed by atoms with Crippen molar-refractivity contribution in [2.24, 2.45) is 0 Å². The van der Waals surface area contributed by atoms with Crippen molar-refractivity contribution in [3.05, 3.63) is 45.9 Å². The first-order valence-corrected chi connectivity index (χ1v) is 7.63. The molecule has 0 bridgehead atoms. The average molecular weight is 347 g/mol. The van der Waals surface area contributed by atoms with Gasteiger partial charge in [-0.15, -0.1) is 0 Å². The van der Waals surface area contributed by atoms with Crippen molar-refractivity contribution < 1.29 is 19.0 Å². The molecular weight excluding hydrogens is 326 g/mol. The summed E-state index contributed by atoms with van der Waals surface area (Å²) in [7, 11) is 4.45. The van der Waals surface area contributed by atoms with E-state index in [0.717, 1.165) is 5.69 Å². The molecule has 25 heavy (non-hydrogen) atoms. The smallest absolute Gasteiger partial charge is 0.266 e. The third-order valence-corrected chi connectivity index (χ3v) is 3.54. The second-order valence-corrected chi connectivity index (χ2v) is 5.21. The Balaban J connectivity index is 2.10. The summed E-state index contributed by atoms with van der Waals surface area (Å²) in [6.45, 7) is 2.33. The molecule has 0 unspecified atom stereocenters. The quantitative estimate of drug-likeness (QED) is 0.804. The molecule has 2 rings (SSSR count). The number of rotatable bonds is 7. The van der Waals surface area contributed by atoms with Crippen molar-refractivity contribution in [3.8, 4) is 17.2 Å². The molecule has 8 nitrogen and oxygen atoms in total. The first-order valence-electron chi connectivity index (χ1n) is 7.63. The summed E-state index contributed by atoms with van der Waals surface area (Å²) >= 11 is 0. The number of benzene rings is 1. The zero-order valence-electron chi connectivity index (χ0n) is 14.7. The van der Waals surface area contributed by atoms with E-state index in [2.05, 4.69) is 10.4 Å². The van der Waals surface area contributed by atoms with Crippen LogP contribution in [0.5, 0.6) is 17.2 Å². The Morgan fingerprint density at radius 3 is 2.32 bits per heavy atom. The fraction of sp³-hybridized carbons (Fsp3) is 0.353. The lowest BCUT2D eigenvalue weighted by Crippen LogP contribution is -2.32. The van der Waals surface area contributed by atoms with Gasteiger partial charge in [-0.25, -0.2) is 4.68 Å². The van der Waals surface area contributed by atoms with E-state index in [9.17, 15) is 9.59 Å². The van der Waals surface area contributed by atoms with Crippen LogP contribution < -0.4 is 25.1 Å². The summed E-state index contributed by atoms with van der Waals surface area (Å²) in [5.41, 5.74) is 0.877. The third-order valence-electron chi connectivity index (χ3n) is 3.54. The van der Waals surface area contributed by atoms with E-state index in [1.807, 2.05) is 0 Å². The van der Waals surface area contributed by atoms with Crippen LogP contribution >= 0.6 is 0 Å². The Morgan fingerprint density at radius 2 is 1.76 bits per heavy atom. The van der Waals surface area contributed by atoms with Gasteiger partial charge in [-0.3, -0.25) is 9.59 Å². The van der Waals surface area contributed by atoms with E-state index in [-0.39, 0.29) is 24.6 Å². The molecule has 0 aliphatic heterocycles. The standard InChI is InChI=1S/C17H21N3O5/c1-11-5-6-15(21)20(19-11)8-7-18-17(22)12-9-13(23-2)16(25-4)14(10-12)24-3/h5-6,9-10H,7-8H2,1-4H3,(H,18,22). The number of aromatic nitrogens is 2. The van der Waals surface area contributed by atoms with Crippen LogP contribution in [0.2, 0.25) is 0 Å². The van der Waals surface area contributed by atoms with Crippen LogP contribution in [0.25, 0.3) is 0 Å². The average Bonchev–Trinajstić information content (AvgIpc) is 2.62. The molecule has 1 aromatic carbocycles. The zero-order valence-corrected chi connectivity index (χ0v) is 14.7. The highest BCUT2D eigenvalue weighted by molar-refractivity contribution is 5.95. The number of amides is 1. The number of methoxy groups -OCH3 is 3. The Morgan fingerprint density at radius 1 is 1.12 bits per heavy atom. The molecule has 0 spiro atoms. The fourth-order valence-electron chi connectivity index (χ4n) is 2.30. The highest BCUT2D eigenvalue weighted by Crippen LogP contribution is 2.38. The number of carbonyl (C=O) groups excluding carboxylic acids is 1. The first-order chi connectivity index (χ1) is 12.0. The zero-order chi connectivity index (χ0) is 18.4. The molecule has 1 amide bonds. The maximum atomic E-state index is 12.4. The maximum Gasteiger partial charge on any atom is 0.266 e. The summed E-state index contributed by atoms with van der Waals surface area (Å²) in [4.78, 5) is 24.0. The monoisotopic (exact) mass is 347 g/mol. The number of hydrogen-bond donors (Lipinski definition) is 1. The number of carbonyl (C=O) groups is 1. The molecule has 2 aromatic rings. The fourth-order valence-corrected chi connectivity index (χ4v) is 2.30. The lowest BCUT2D eigenvalue weighted by Gasteiger charge is -2.14. The van der Waals surface area contributed by atoms with Gasteiger partial charge in [-0.2, -0.15) is 5.10 Å². The summed E-state index contributed by atoms with van der Waals surface area (Å²) < 4.78 is 17.0. The number of ether oxygens (including phenoxy) is 3. The minimum Gasteiger partial charge on any atom is -0.493 e. The molecule has 0 radical (unpaired) electrons. The molecule has 1 heterocycles. The van der Waals surface area contributed by atoms with E-state index in [1.54, 1.807) is 25.1 Å². The lowest BCUT2D eigenvalue weighted by molar-refractivity contribution is 0.0951. The Bertz CT molecular complexity index is 791. The molecule has 0 atom stereocenters. The van der Waals surface area contributed by atoms with E-state index in [4.69, 9.17) is 14.2 Å². The Labute approximate surface area is 145 Å². The third kappa shape index (κ3) is 4.28. The molecule has 1 aromatic heterocycles. The van der Waals surface area contributed by atoms with E-state index in [0.29, 0.717) is 22.8 Å². The van der Waals surface area contributed by atoms with E-state index < -0.39 is 0 Å². The van der Waals surface area contributed by atoms with Crippen molar-refractivity contribution in [3.63, 3.8) is 0 Å². The second kappa shape index (κ2) is 8.18. The topological polar surface area (TPSA) is 91.7 Å². The molecule has 0 saturated heterocycles. The Hall–Kier alpha value is -3.03. The van der Waals surface area contributed by atoms with Gasteiger partial charge in [0.15, 0.2) is 11.5 Å². The molecule has 0 aliphatic rings. The van der Waals surface area contributed by atoms with Crippen molar-refractivity contribution in [1.82, 2.24) is 15.1 Å². The van der Waals surface area contributed by atoms with Crippen molar-refractivity contribution >= 4 is 5.91 Å². The molecule has 0 aliphatic carbocycles. The van der Waals surface area contributed by atoms with Gasteiger partial charge in [0.1, 0.15) is 0 Å². The van der Waals surface area contributed by atoms with Crippen molar-refractivity contribution in [2.75, 3.05) is 27.9 Å². The Kier molecular flexibility index (Phi) is 5.99. The van der Waals surface area contributed by atoms with Crippen LogP contribution in [0.4, 0.5) is 0 Å². The minimum absolute atomic E-state index is 0.215. The van der Waals surface area contributed by atoms with Gasteiger partial charge in [0.25, 0.3) is 11.5 Å². The number of aryl methyl sites for hydroxylation is 1. The predicted molar refractivity (Wildman–Crippen MR) is 91.7 cm³/mol. The number of nitrogens with zero attached hydrogens (tertiary/aromatic N) is 2. The van der Waals surface area contributed by atoms with Gasteiger partial charge >= 0.3 is 0 Å². The predicted octanol–water partition coefficient (Wildman–Crippen LogP) is 1.01. The summed E-state index contributed by atoms with van der Waals surface area (Å²) in [5, 5.41) is 6.86. The largest absolute Gasteiger partial charge is 0.493 e. The van der Waals surface area contributed by atoms with Crippen LogP contribution in [0, 0.1) is 6.92 Å². The maximum absolute atomic E-state index is 12.4. The van der Waals surface area contributed by atoms with E-state index in [1.165, 1.54) is 32.1 Å². The van der Waals surface area contributed by atoms with Crippen LogP contribution in [0.1, 0.15) is 16.1 Å². The van der Waals surface area contributed by atoms with Crippen molar-refractivity contribution in [2.45, 2.75) is 13.5 Å². The second-order valence-electron chi connectivity index (χ2n) is 5.21. The SMILES string of the molecule is COc1cc(C(=O)NCCn2nc(C)ccc2=O)cc(OC)c1OC. The molecule has 0 fully saturated rings. The summed E-state index contributed by atoms with van der Waals surface area (Å²) in [6, 6.07) is 6.22. The molecular formula is C17H21N3O5. The number of nitrogens with one attached hydrogen (secondary N) is 1. The lowest BCUT2D eigenvalue weighted by atomic mass is 10.1. The van der Waals surface area contributed by atoms with Gasteiger partial charge in [0.05, 0.1) is 33.6 Å². The van der Waals surface area contributed by atoms with Crippen LogP contribution in [0.15, 0.2) is 29.1 Å². The van der Waals surface area contributed by atoms with Gasteiger partial charge in [0.2, 0.25) is 5.75 Å². The van der Waals surface area contributed by atoms with Crippen LogP contribution in [0.3, 0.4) is 0 Å². The van der Waals surface area contributed by atoms with Gasteiger partial charge in [0, 0.05) is 18.2 Å². The van der Waals surface area contributed by atoms with E-state index >= 15 is 0 Å². The molecule has 1 N–H and O–H groups in total. The summed E-state index contributed by atoms with van der Waals surface area (Å²) in [6.07, 6.45) is 0. The minimum atomic E-state index is -0.319. The molecule has 8 heteroatoms. The highest BCUT2D eigenvalue weighted by Gasteiger charge is 2.16. The number of hydrogen-bond acceptors (Lipinski definition) is 6. The normalized spacial score (nSPS) is 10.2. The van der Waals surface area contributed by atoms with Gasteiger partial charge in [-0.1, -0.05) is 0 Å².